The van der Waals surface area contributed by atoms with E-state index in [1.54, 1.807) is 0 Å². The first kappa shape index (κ1) is 23.2. The van der Waals surface area contributed by atoms with E-state index in [4.69, 9.17) is 5.26 Å². The fourth-order valence-electron chi connectivity index (χ4n) is 2.26. The van der Waals surface area contributed by atoms with Crippen LogP contribution in [0.3, 0.4) is 0 Å². The van der Waals surface area contributed by atoms with Crippen molar-refractivity contribution in [3.05, 3.63) is 62.0 Å². The quantitative estimate of drug-likeness (QED) is 0.439. The predicted molar refractivity (Wildman–Crippen MR) is 95.8 cm³/mol. The van der Waals surface area contributed by atoms with Gasteiger partial charge in [0, 0.05) is 20.1 Å². The second kappa shape index (κ2) is 7.95. The molecule has 0 fully saturated rings. The van der Waals surface area contributed by atoms with Gasteiger partial charge >= 0.3 is 18.0 Å². The molecule has 29 heavy (non-hydrogen) atoms. The monoisotopic (exact) mass is 546 g/mol. The Labute approximate surface area is 175 Å². The molecule has 3 nitrogen and oxygen atoms in total. The minimum atomic E-state index is -6.27. The molecule has 0 saturated heterocycles. The van der Waals surface area contributed by atoms with Gasteiger partial charge < -0.3 is 5.32 Å². The zero-order chi connectivity index (χ0) is 22.2. The Bertz CT molecular complexity index is 942. The normalized spacial score (nSPS) is 12.4. The van der Waals surface area contributed by atoms with Crippen molar-refractivity contribution in [1.82, 2.24) is 0 Å². The molecule has 0 aliphatic rings. The first-order valence-corrected chi connectivity index (χ1v) is 8.94. The van der Waals surface area contributed by atoms with Gasteiger partial charge in [0.25, 0.3) is 5.91 Å². The van der Waals surface area contributed by atoms with Crippen LogP contribution in [0.2, 0.25) is 0 Å². The third-order valence-electron chi connectivity index (χ3n) is 3.74. The predicted octanol–water partition coefficient (Wildman–Crippen LogP) is 6.62. The summed E-state index contributed by atoms with van der Waals surface area (Å²) < 4.78 is 90.9. The fourth-order valence-corrected chi connectivity index (χ4v) is 3.65. The van der Waals surface area contributed by atoms with Crippen LogP contribution in [0.25, 0.3) is 0 Å². The summed E-state index contributed by atoms with van der Waals surface area (Å²) in [5, 5.41) is 11.0. The van der Waals surface area contributed by atoms with E-state index in [2.05, 4.69) is 37.2 Å². The SMILES string of the molecule is N#Cc1ccc(C(=O)Nc2c(Br)cc(C(F)(C(F)(F)F)C(F)(F)F)cc2Br)cc1. The van der Waals surface area contributed by atoms with Crippen LogP contribution in [0.1, 0.15) is 21.5 Å². The number of nitrogens with zero attached hydrogens (tertiary/aromatic N) is 1. The molecule has 1 N–H and O–H groups in total. The number of hydrogen-bond acceptors (Lipinski definition) is 2. The minimum Gasteiger partial charge on any atom is -0.320 e. The lowest BCUT2D eigenvalue weighted by molar-refractivity contribution is -0.348. The molecule has 0 unspecified atom stereocenters. The van der Waals surface area contributed by atoms with Crippen LogP contribution in [0.4, 0.5) is 36.4 Å². The van der Waals surface area contributed by atoms with Crippen molar-refractivity contribution in [2.45, 2.75) is 18.0 Å². The fraction of sp³-hybridized carbons (Fsp3) is 0.176. The highest BCUT2D eigenvalue weighted by Gasteiger charge is 2.73. The van der Waals surface area contributed by atoms with E-state index in [1.807, 2.05) is 6.07 Å². The number of carbonyl (C=O) groups is 1. The number of anilines is 1. The van der Waals surface area contributed by atoms with Gasteiger partial charge in [-0.3, -0.25) is 4.79 Å². The summed E-state index contributed by atoms with van der Waals surface area (Å²) in [5.41, 5.74) is -7.20. The van der Waals surface area contributed by atoms with Gasteiger partial charge in [-0.05, 0) is 68.3 Å². The van der Waals surface area contributed by atoms with E-state index in [0.717, 1.165) is 0 Å². The van der Waals surface area contributed by atoms with Gasteiger partial charge in [0.05, 0.1) is 17.3 Å². The second-order valence-electron chi connectivity index (χ2n) is 5.61. The summed E-state index contributed by atoms with van der Waals surface area (Å²) in [4.78, 5) is 12.2. The largest absolute Gasteiger partial charge is 0.435 e. The average Bonchev–Trinajstić information content (AvgIpc) is 2.61. The number of hydrogen-bond donors (Lipinski definition) is 1. The van der Waals surface area contributed by atoms with Crippen LogP contribution in [-0.4, -0.2) is 18.3 Å². The topological polar surface area (TPSA) is 52.9 Å². The maximum atomic E-state index is 14.2. The molecule has 0 spiro atoms. The summed E-state index contributed by atoms with van der Waals surface area (Å²) in [5.74, 6) is -0.762. The Morgan fingerprint density at radius 3 is 1.72 bits per heavy atom. The molecule has 0 atom stereocenters. The van der Waals surface area contributed by atoms with Crippen LogP contribution >= 0.6 is 31.9 Å². The maximum Gasteiger partial charge on any atom is 0.435 e. The maximum absolute atomic E-state index is 14.2. The molecule has 0 aliphatic carbocycles. The van der Waals surface area contributed by atoms with Gasteiger partial charge in [-0.2, -0.15) is 31.6 Å². The molecule has 0 saturated carbocycles. The van der Waals surface area contributed by atoms with Crippen molar-refractivity contribution in [1.29, 1.82) is 5.26 Å². The van der Waals surface area contributed by atoms with Crippen LogP contribution in [0.5, 0.6) is 0 Å². The Morgan fingerprint density at radius 2 is 1.34 bits per heavy atom. The molecule has 0 aliphatic heterocycles. The minimum absolute atomic E-state index is 0.0669. The zero-order valence-electron chi connectivity index (χ0n) is 13.7. The van der Waals surface area contributed by atoms with Crippen LogP contribution < -0.4 is 5.32 Å². The summed E-state index contributed by atoms with van der Waals surface area (Å²) >= 11 is 5.52. The van der Waals surface area contributed by atoms with Gasteiger partial charge in [-0.15, -0.1) is 0 Å². The summed E-state index contributed by atoms with van der Waals surface area (Å²) in [6.07, 6.45) is -12.5. The summed E-state index contributed by atoms with van der Waals surface area (Å²) in [6, 6.07) is 7.69. The first-order valence-electron chi connectivity index (χ1n) is 7.35. The highest BCUT2D eigenvalue weighted by atomic mass is 79.9. The molecule has 0 aromatic heterocycles. The van der Waals surface area contributed by atoms with Gasteiger partial charge in [-0.25, -0.2) is 4.39 Å². The zero-order valence-corrected chi connectivity index (χ0v) is 16.9. The molecule has 0 radical (unpaired) electrons. The van der Waals surface area contributed by atoms with Gasteiger partial charge in [-0.1, -0.05) is 0 Å². The lowest BCUT2D eigenvalue weighted by atomic mass is 9.94. The Kier molecular flexibility index (Phi) is 6.34. The molecule has 2 rings (SSSR count). The number of amides is 1. The molecule has 154 valence electrons. The lowest BCUT2D eigenvalue weighted by Gasteiger charge is -2.31. The van der Waals surface area contributed by atoms with Crippen LogP contribution in [0.15, 0.2) is 45.3 Å². The third-order valence-corrected chi connectivity index (χ3v) is 4.99. The molecule has 0 bridgehead atoms. The van der Waals surface area contributed by atoms with E-state index in [9.17, 15) is 35.5 Å². The van der Waals surface area contributed by atoms with Gasteiger partial charge in [0.2, 0.25) is 0 Å². The smallest absolute Gasteiger partial charge is 0.320 e. The number of nitriles is 1. The van der Waals surface area contributed by atoms with Crippen LogP contribution in [-0.2, 0) is 5.67 Å². The standard InChI is InChI=1S/C17H7Br2F7N2O/c18-11-5-10(15(20,16(21,22)23)17(24,25)26)6-12(19)13(11)28-14(29)9-3-1-8(7-27)2-4-9/h1-6H,(H,28,29). The third kappa shape index (κ3) is 4.40. The van der Waals surface area contributed by atoms with Crippen molar-refractivity contribution in [2.75, 3.05) is 5.32 Å². The Balaban J connectivity index is 2.45. The van der Waals surface area contributed by atoms with E-state index in [-0.39, 0.29) is 16.8 Å². The van der Waals surface area contributed by atoms with Crippen LogP contribution in [0, 0.1) is 11.3 Å². The average molecular weight is 548 g/mol. The number of carbonyl (C=O) groups excluding carboxylic acids is 1. The molecular weight excluding hydrogens is 541 g/mol. The highest BCUT2D eigenvalue weighted by molar-refractivity contribution is 9.11. The van der Waals surface area contributed by atoms with Crippen molar-refractivity contribution in [3.8, 4) is 6.07 Å². The number of alkyl halides is 7. The molecule has 12 heteroatoms. The van der Waals surface area contributed by atoms with Gasteiger partial charge in [0.15, 0.2) is 0 Å². The molecule has 2 aromatic rings. The van der Waals surface area contributed by atoms with Crippen molar-refractivity contribution >= 4 is 43.5 Å². The van der Waals surface area contributed by atoms with E-state index in [1.165, 1.54) is 24.3 Å². The second-order valence-corrected chi connectivity index (χ2v) is 7.32. The molecular formula is C17H7Br2F7N2O. The molecule has 2 aromatic carbocycles. The number of rotatable bonds is 3. The highest BCUT2D eigenvalue weighted by Crippen LogP contribution is 2.54. The van der Waals surface area contributed by atoms with Crippen molar-refractivity contribution in [2.24, 2.45) is 0 Å². The van der Waals surface area contributed by atoms with Gasteiger partial charge in [0.1, 0.15) is 0 Å². The van der Waals surface area contributed by atoms with E-state index in [0.29, 0.717) is 12.1 Å². The Morgan fingerprint density at radius 1 is 0.897 bits per heavy atom. The number of nitrogens with one attached hydrogen (secondary N) is 1. The summed E-state index contributed by atoms with van der Waals surface area (Å²) in [7, 11) is 0. The number of halogens is 9. The van der Waals surface area contributed by atoms with E-state index >= 15 is 0 Å². The first-order chi connectivity index (χ1) is 13.2. The molecule has 1 amide bonds. The van der Waals surface area contributed by atoms with Crippen molar-refractivity contribution < 1.29 is 35.5 Å². The number of benzene rings is 2. The lowest BCUT2D eigenvalue weighted by Crippen LogP contribution is -2.50. The van der Waals surface area contributed by atoms with Crippen molar-refractivity contribution in [3.63, 3.8) is 0 Å². The Hall–Kier alpha value is -2.13. The summed E-state index contributed by atoms with van der Waals surface area (Å²) in [6.45, 7) is 0. The molecule has 0 heterocycles. The van der Waals surface area contributed by atoms with E-state index < -0.39 is 38.4 Å².